The first-order valence-electron chi connectivity index (χ1n) is 5.07. The molecule has 0 radical (unpaired) electrons. The van der Waals surface area contributed by atoms with Crippen LogP contribution in [0.15, 0.2) is 0 Å². The lowest BCUT2D eigenvalue weighted by atomic mass is 9.94. The summed E-state index contributed by atoms with van der Waals surface area (Å²) in [5, 5.41) is 0. The van der Waals surface area contributed by atoms with Gasteiger partial charge in [0, 0.05) is 18.5 Å². The lowest BCUT2D eigenvalue weighted by Crippen LogP contribution is -2.37. The Morgan fingerprint density at radius 2 is 2.17 bits per heavy atom. The SMILES string of the molecule is CN(CCCl)C1CC2CCC1C2. The van der Waals surface area contributed by atoms with Gasteiger partial charge in [-0.05, 0) is 38.1 Å². The van der Waals surface area contributed by atoms with E-state index in [1.54, 1.807) is 0 Å². The fourth-order valence-corrected chi connectivity index (χ4v) is 3.32. The van der Waals surface area contributed by atoms with E-state index < -0.39 is 0 Å². The van der Waals surface area contributed by atoms with Gasteiger partial charge in [-0.2, -0.15) is 0 Å². The summed E-state index contributed by atoms with van der Waals surface area (Å²) in [4.78, 5) is 2.47. The third kappa shape index (κ3) is 1.49. The lowest BCUT2D eigenvalue weighted by molar-refractivity contribution is 0.185. The van der Waals surface area contributed by atoms with Gasteiger partial charge in [0.2, 0.25) is 0 Å². The molecule has 0 aromatic carbocycles. The monoisotopic (exact) mass is 187 g/mol. The van der Waals surface area contributed by atoms with Crippen LogP contribution in [0.25, 0.3) is 0 Å². The van der Waals surface area contributed by atoms with Gasteiger partial charge in [-0.25, -0.2) is 0 Å². The molecule has 0 N–H and O–H groups in total. The van der Waals surface area contributed by atoms with Crippen LogP contribution < -0.4 is 0 Å². The van der Waals surface area contributed by atoms with E-state index in [1.165, 1.54) is 25.7 Å². The summed E-state index contributed by atoms with van der Waals surface area (Å²) in [6.07, 6.45) is 5.91. The third-order valence-electron chi connectivity index (χ3n) is 3.70. The van der Waals surface area contributed by atoms with E-state index in [2.05, 4.69) is 11.9 Å². The quantitative estimate of drug-likeness (QED) is 0.614. The molecular weight excluding hydrogens is 170 g/mol. The summed E-state index contributed by atoms with van der Waals surface area (Å²) in [5.74, 6) is 2.84. The Labute approximate surface area is 80.1 Å². The number of rotatable bonds is 3. The molecule has 70 valence electrons. The van der Waals surface area contributed by atoms with Crippen LogP contribution in [0.3, 0.4) is 0 Å². The largest absolute Gasteiger partial charge is 0.302 e. The molecule has 2 aliphatic rings. The minimum Gasteiger partial charge on any atom is -0.302 e. The first kappa shape index (κ1) is 8.83. The molecule has 2 rings (SSSR count). The predicted molar refractivity (Wildman–Crippen MR) is 52.6 cm³/mol. The zero-order valence-electron chi connectivity index (χ0n) is 7.80. The van der Waals surface area contributed by atoms with Crippen molar-refractivity contribution < 1.29 is 0 Å². The number of fused-ring (bicyclic) bond motifs is 2. The number of hydrogen-bond donors (Lipinski definition) is 0. The van der Waals surface area contributed by atoms with Crippen LogP contribution in [0.2, 0.25) is 0 Å². The Morgan fingerprint density at radius 3 is 2.67 bits per heavy atom. The lowest BCUT2D eigenvalue weighted by Gasteiger charge is -2.30. The van der Waals surface area contributed by atoms with Crippen molar-refractivity contribution in [3.05, 3.63) is 0 Å². The van der Waals surface area contributed by atoms with E-state index in [9.17, 15) is 0 Å². The van der Waals surface area contributed by atoms with Crippen molar-refractivity contribution in [3.63, 3.8) is 0 Å². The van der Waals surface area contributed by atoms with E-state index in [0.717, 1.165) is 30.3 Å². The molecule has 2 bridgehead atoms. The highest BCUT2D eigenvalue weighted by Gasteiger charge is 2.40. The zero-order chi connectivity index (χ0) is 8.55. The van der Waals surface area contributed by atoms with E-state index in [0.29, 0.717) is 0 Å². The highest BCUT2D eigenvalue weighted by atomic mass is 35.5. The Kier molecular flexibility index (Phi) is 2.61. The molecule has 2 aliphatic carbocycles. The van der Waals surface area contributed by atoms with Crippen molar-refractivity contribution in [2.45, 2.75) is 31.7 Å². The number of alkyl halides is 1. The number of hydrogen-bond acceptors (Lipinski definition) is 1. The van der Waals surface area contributed by atoms with Gasteiger partial charge in [0.1, 0.15) is 0 Å². The summed E-state index contributed by atoms with van der Waals surface area (Å²) in [6.45, 7) is 1.06. The van der Waals surface area contributed by atoms with Gasteiger partial charge in [-0.3, -0.25) is 0 Å². The van der Waals surface area contributed by atoms with Crippen molar-refractivity contribution in [2.24, 2.45) is 11.8 Å². The fourth-order valence-electron chi connectivity index (χ4n) is 3.05. The third-order valence-corrected chi connectivity index (χ3v) is 3.87. The molecule has 1 nitrogen and oxygen atoms in total. The summed E-state index contributed by atoms with van der Waals surface area (Å²) >= 11 is 5.74. The molecular formula is C10H18ClN. The fraction of sp³-hybridized carbons (Fsp3) is 1.00. The molecule has 0 saturated heterocycles. The zero-order valence-corrected chi connectivity index (χ0v) is 8.56. The average Bonchev–Trinajstić information content (AvgIpc) is 2.64. The Balaban J connectivity index is 1.89. The minimum absolute atomic E-state index is 0.782. The predicted octanol–water partition coefficient (Wildman–Crippen LogP) is 2.35. The second kappa shape index (κ2) is 3.55. The molecule has 0 heterocycles. The van der Waals surface area contributed by atoms with E-state index in [-0.39, 0.29) is 0 Å². The molecule has 3 unspecified atom stereocenters. The average molecular weight is 188 g/mol. The molecule has 0 aliphatic heterocycles. The Morgan fingerprint density at radius 1 is 1.33 bits per heavy atom. The van der Waals surface area contributed by atoms with Crippen LogP contribution in [-0.2, 0) is 0 Å². The summed E-state index contributed by atoms with van der Waals surface area (Å²) in [7, 11) is 2.23. The van der Waals surface area contributed by atoms with Crippen LogP contribution in [0.1, 0.15) is 25.7 Å². The van der Waals surface area contributed by atoms with E-state index in [4.69, 9.17) is 11.6 Å². The first-order chi connectivity index (χ1) is 5.81. The molecule has 0 spiro atoms. The van der Waals surface area contributed by atoms with Gasteiger partial charge in [-0.1, -0.05) is 6.42 Å². The molecule has 3 atom stereocenters. The van der Waals surface area contributed by atoms with E-state index in [1.807, 2.05) is 0 Å². The normalized spacial score (nSPS) is 39.8. The maximum Gasteiger partial charge on any atom is 0.0351 e. The van der Waals surface area contributed by atoms with Crippen LogP contribution in [-0.4, -0.2) is 30.4 Å². The molecule has 0 amide bonds. The van der Waals surface area contributed by atoms with Crippen LogP contribution >= 0.6 is 11.6 Å². The molecule has 12 heavy (non-hydrogen) atoms. The van der Waals surface area contributed by atoms with Crippen molar-refractivity contribution in [1.82, 2.24) is 4.90 Å². The van der Waals surface area contributed by atoms with Crippen molar-refractivity contribution in [2.75, 3.05) is 19.5 Å². The Hall–Kier alpha value is 0.250. The van der Waals surface area contributed by atoms with Crippen LogP contribution in [0, 0.1) is 11.8 Å². The maximum absolute atomic E-state index is 5.74. The molecule has 2 heteroatoms. The van der Waals surface area contributed by atoms with Crippen LogP contribution in [0.4, 0.5) is 0 Å². The van der Waals surface area contributed by atoms with Gasteiger partial charge >= 0.3 is 0 Å². The molecule has 2 fully saturated rings. The van der Waals surface area contributed by atoms with Gasteiger partial charge in [0.25, 0.3) is 0 Å². The van der Waals surface area contributed by atoms with Crippen molar-refractivity contribution in [1.29, 1.82) is 0 Å². The summed E-state index contributed by atoms with van der Waals surface area (Å²) in [5.41, 5.74) is 0. The highest BCUT2D eigenvalue weighted by molar-refractivity contribution is 6.18. The van der Waals surface area contributed by atoms with E-state index >= 15 is 0 Å². The second-order valence-electron chi connectivity index (χ2n) is 4.41. The summed E-state index contributed by atoms with van der Waals surface area (Å²) < 4.78 is 0. The van der Waals surface area contributed by atoms with Gasteiger partial charge in [0.05, 0.1) is 0 Å². The standard InChI is InChI=1S/C10H18ClN/c1-12(5-4-11)10-7-8-2-3-9(10)6-8/h8-10H,2-7H2,1H3. The van der Waals surface area contributed by atoms with Gasteiger partial charge in [-0.15, -0.1) is 11.6 Å². The van der Waals surface area contributed by atoms with Crippen molar-refractivity contribution in [3.8, 4) is 0 Å². The smallest absolute Gasteiger partial charge is 0.0351 e. The maximum atomic E-state index is 5.74. The number of halogens is 1. The molecule has 2 saturated carbocycles. The highest BCUT2D eigenvalue weighted by Crippen LogP contribution is 2.46. The Bertz CT molecular complexity index is 160. The minimum atomic E-state index is 0.782. The van der Waals surface area contributed by atoms with Crippen LogP contribution in [0.5, 0.6) is 0 Å². The van der Waals surface area contributed by atoms with Crippen molar-refractivity contribution >= 4 is 11.6 Å². The number of nitrogens with zero attached hydrogens (tertiary/aromatic N) is 1. The van der Waals surface area contributed by atoms with Gasteiger partial charge in [0.15, 0.2) is 0 Å². The molecule has 0 aromatic heterocycles. The summed E-state index contributed by atoms with van der Waals surface area (Å²) in [6, 6.07) is 0.863. The first-order valence-corrected chi connectivity index (χ1v) is 5.61. The van der Waals surface area contributed by atoms with Gasteiger partial charge < -0.3 is 4.90 Å². The molecule has 0 aromatic rings. The topological polar surface area (TPSA) is 3.24 Å². The second-order valence-corrected chi connectivity index (χ2v) is 4.79.